The van der Waals surface area contributed by atoms with E-state index < -0.39 is 5.82 Å². The van der Waals surface area contributed by atoms with Gasteiger partial charge in [0.25, 0.3) is 5.91 Å². The van der Waals surface area contributed by atoms with E-state index in [4.69, 9.17) is 27.2 Å². The van der Waals surface area contributed by atoms with Gasteiger partial charge in [-0.2, -0.15) is 0 Å². The van der Waals surface area contributed by atoms with Gasteiger partial charge in [-0.3, -0.25) is 4.79 Å². The van der Waals surface area contributed by atoms with Gasteiger partial charge in [0.05, 0.1) is 35.1 Å². The van der Waals surface area contributed by atoms with Crippen LogP contribution in [0.3, 0.4) is 0 Å². The molecule has 0 atom stereocenters. The predicted molar refractivity (Wildman–Crippen MR) is 132 cm³/mol. The van der Waals surface area contributed by atoms with Crippen molar-refractivity contribution in [3.8, 4) is 5.75 Å². The van der Waals surface area contributed by atoms with Crippen molar-refractivity contribution in [1.29, 1.82) is 0 Å². The average Bonchev–Trinajstić information content (AvgIpc) is 3.23. The molecular weight excluding hydrogens is 473 g/mol. The Morgan fingerprint density at radius 2 is 1.91 bits per heavy atom. The van der Waals surface area contributed by atoms with Crippen LogP contribution < -0.4 is 10.5 Å². The maximum absolute atomic E-state index is 14.1. The summed E-state index contributed by atoms with van der Waals surface area (Å²) in [6.07, 6.45) is 2.16. The number of ether oxygens (including phenoxy) is 1. The third-order valence-corrected chi connectivity index (χ3v) is 7.02. The summed E-state index contributed by atoms with van der Waals surface area (Å²) in [7, 11) is 0. The van der Waals surface area contributed by atoms with Crippen molar-refractivity contribution >= 4 is 23.1 Å². The molecule has 3 heterocycles. The van der Waals surface area contributed by atoms with Gasteiger partial charge < -0.3 is 25.4 Å². The summed E-state index contributed by atoms with van der Waals surface area (Å²) < 4.78 is 20.2. The summed E-state index contributed by atoms with van der Waals surface area (Å²) in [5, 5.41) is 9.53. The number of carbonyl (C=O) groups is 1. The molecule has 0 aliphatic carbocycles. The minimum Gasteiger partial charge on any atom is -0.489 e. The van der Waals surface area contributed by atoms with E-state index in [9.17, 15) is 9.18 Å². The number of benzene rings is 1. The molecule has 1 aromatic heterocycles. The number of aliphatic hydroxyl groups excluding tert-OH is 1. The molecule has 0 bridgehead atoms. The Labute approximate surface area is 209 Å². The molecule has 1 aromatic carbocycles. The lowest BCUT2D eigenvalue weighted by atomic mass is 10.1. The highest BCUT2D eigenvalue weighted by molar-refractivity contribution is 6.31. The van der Waals surface area contributed by atoms with Crippen molar-refractivity contribution in [2.45, 2.75) is 39.2 Å². The van der Waals surface area contributed by atoms with Gasteiger partial charge in [-0.25, -0.2) is 14.4 Å². The van der Waals surface area contributed by atoms with E-state index in [-0.39, 0.29) is 37.5 Å². The van der Waals surface area contributed by atoms with Crippen LogP contribution in [0.1, 0.15) is 46.8 Å². The fraction of sp³-hybridized carbons (Fsp3) is 0.480. The van der Waals surface area contributed by atoms with Crippen LogP contribution in [-0.2, 0) is 0 Å². The molecule has 1 saturated heterocycles. The summed E-state index contributed by atoms with van der Waals surface area (Å²) in [4.78, 5) is 26.2. The van der Waals surface area contributed by atoms with Crippen molar-refractivity contribution in [2.24, 2.45) is 5.73 Å². The third kappa shape index (κ3) is 5.74. The molecule has 10 heteroatoms. The van der Waals surface area contributed by atoms with Crippen molar-refractivity contribution in [3.05, 3.63) is 57.5 Å². The van der Waals surface area contributed by atoms with Gasteiger partial charge in [-0.05, 0) is 45.2 Å². The van der Waals surface area contributed by atoms with Gasteiger partial charge in [0.1, 0.15) is 17.7 Å². The van der Waals surface area contributed by atoms with Gasteiger partial charge in [0.2, 0.25) is 0 Å². The first kappa shape index (κ1) is 25.3. The highest BCUT2D eigenvalue weighted by Gasteiger charge is 2.30. The van der Waals surface area contributed by atoms with E-state index in [1.54, 1.807) is 18.7 Å². The van der Waals surface area contributed by atoms with Crippen molar-refractivity contribution < 1.29 is 19.0 Å². The Morgan fingerprint density at radius 3 is 2.57 bits per heavy atom. The second-order valence-corrected chi connectivity index (χ2v) is 9.45. The number of piperidine rings is 1. The van der Waals surface area contributed by atoms with Gasteiger partial charge in [-0.1, -0.05) is 11.6 Å². The van der Waals surface area contributed by atoms with Crippen LogP contribution >= 0.6 is 11.6 Å². The van der Waals surface area contributed by atoms with Gasteiger partial charge in [-0.15, -0.1) is 0 Å². The molecule has 8 nitrogen and oxygen atoms in total. The van der Waals surface area contributed by atoms with Crippen LogP contribution in [-0.4, -0.2) is 76.2 Å². The Morgan fingerprint density at radius 1 is 1.23 bits per heavy atom. The molecule has 188 valence electrons. The normalized spacial score (nSPS) is 17.3. The standard InChI is InChI=1S/C25H31ClFN5O3/c1-15-23(26)16(2)30-24(29-15)20-13-32(14-21(20)28)25(34)19-5-4-17(27)12-22(19)35-18-6-9-31(10-7-18)8-3-11-33/h4-5,12,18,33H,3,6-11,13-14,28H2,1-2H3. The second-order valence-electron chi connectivity index (χ2n) is 9.07. The zero-order chi connectivity index (χ0) is 25.1. The summed E-state index contributed by atoms with van der Waals surface area (Å²) in [5.74, 6) is -0.0519. The van der Waals surface area contributed by atoms with Crippen molar-refractivity contribution in [2.75, 3.05) is 39.3 Å². The number of nitrogens with two attached hydrogens (primary N) is 1. The number of likely N-dealkylation sites (tertiary alicyclic amines) is 1. The lowest BCUT2D eigenvalue weighted by Gasteiger charge is -2.32. The fourth-order valence-corrected chi connectivity index (χ4v) is 4.59. The van der Waals surface area contributed by atoms with E-state index in [1.807, 2.05) is 0 Å². The van der Waals surface area contributed by atoms with Crippen LogP contribution in [0.2, 0.25) is 5.02 Å². The zero-order valence-corrected chi connectivity index (χ0v) is 20.8. The lowest BCUT2D eigenvalue weighted by molar-refractivity contribution is 0.0770. The Hall–Kier alpha value is -2.75. The molecule has 2 aliphatic heterocycles. The van der Waals surface area contributed by atoms with Crippen LogP contribution in [0, 0.1) is 19.7 Å². The summed E-state index contributed by atoms with van der Waals surface area (Å²) in [6, 6.07) is 4.00. The number of nitrogens with zero attached hydrogens (tertiary/aromatic N) is 4. The molecule has 2 aliphatic rings. The molecule has 4 rings (SSSR count). The zero-order valence-electron chi connectivity index (χ0n) is 20.1. The van der Waals surface area contributed by atoms with Gasteiger partial charge >= 0.3 is 0 Å². The number of amides is 1. The average molecular weight is 504 g/mol. The summed E-state index contributed by atoms with van der Waals surface area (Å²) in [5.41, 5.74) is 9.07. The molecular formula is C25H31ClFN5O3. The van der Waals surface area contributed by atoms with Crippen LogP contribution in [0.5, 0.6) is 5.75 Å². The van der Waals surface area contributed by atoms with Gasteiger partial charge in [0.15, 0.2) is 5.82 Å². The van der Waals surface area contributed by atoms with E-state index in [0.29, 0.717) is 39.1 Å². The fourth-order valence-electron chi connectivity index (χ4n) is 4.51. The highest BCUT2D eigenvalue weighted by atomic mass is 35.5. The van der Waals surface area contributed by atoms with E-state index >= 15 is 0 Å². The first-order chi connectivity index (χ1) is 16.8. The minimum atomic E-state index is -0.461. The molecule has 0 unspecified atom stereocenters. The van der Waals surface area contributed by atoms with Crippen molar-refractivity contribution in [1.82, 2.24) is 19.8 Å². The molecule has 35 heavy (non-hydrogen) atoms. The number of aliphatic hydroxyl groups is 1. The number of aromatic nitrogens is 2. The Kier molecular flexibility index (Phi) is 7.88. The largest absolute Gasteiger partial charge is 0.489 e. The number of aryl methyl sites for hydroxylation is 2. The first-order valence-corrected chi connectivity index (χ1v) is 12.2. The van der Waals surface area contributed by atoms with E-state index in [1.165, 1.54) is 18.2 Å². The number of hydrogen-bond acceptors (Lipinski definition) is 7. The molecule has 0 radical (unpaired) electrons. The Balaban J connectivity index is 1.47. The van der Waals surface area contributed by atoms with E-state index in [2.05, 4.69) is 14.9 Å². The minimum absolute atomic E-state index is 0.112. The van der Waals surface area contributed by atoms with Gasteiger partial charge in [0, 0.05) is 43.6 Å². The van der Waals surface area contributed by atoms with Crippen LogP contribution in [0.25, 0.3) is 5.57 Å². The molecule has 0 saturated carbocycles. The third-order valence-electron chi connectivity index (χ3n) is 6.47. The smallest absolute Gasteiger partial charge is 0.258 e. The topological polar surface area (TPSA) is 105 Å². The second kappa shape index (κ2) is 10.9. The molecule has 1 fully saturated rings. The highest BCUT2D eigenvalue weighted by Crippen LogP contribution is 2.30. The predicted octanol–water partition coefficient (Wildman–Crippen LogP) is 2.94. The summed E-state index contributed by atoms with van der Waals surface area (Å²) >= 11 is 6.20. The Bertz CT molecular complexity index is 1110. The van der Waals surface area contributed by atoms with Crippen LogP contribution in [0.15, 0.2) is 23.9 Å². The van der Waals surface area contributed by atoms with Crippen LogP contribution in [0.4, 0.5) is 4.39 Å². The molecule has 0 spiro atoms. The number of rotatable bonds is 7. The lowest BCUT2D eigenvalue weighted by Crippen LogP contribution is -2.39. The number of carbonyl (C=O) groups excluding carboxylic acids is 1. The molecule has 1 amide bonds. The maximum atomic E-state index is 14.1. The molecule has 2 aromatic rings. The number of halogens is 2. The first-order valence-electron chi connectivity index (χ1n) is 11.8. The SMILES string of the molecule is Cc1nc(C2=C(N)CN(C(=O)c3ccc(F)cc3OC3CCN(CCCO)CC3)C2)nc(C)c1Cl. The quantitative estimate of drug-likeness (QED) is 0.598. The van der Waals surface area contributed by atoms with Crippen molar-refractivity contribution in [3.63, 3.8) is 0 Å². The summed E-state index contributed by atoms with van der Waals surface area (Å²) in [6.45, 7) is 6.74. The molecule has 3 N–H and O–H groups in total. The van der Waals surface area contributed by atoms with E-state index in [0.717, 1.165) is 38.9 Å². The number of hydrogen-bond donors (Lipinski definition) is 2. The maximum Gasteiger partial charge on any atom is 0.258 e. The monoisotopic (exact) mass is 503 g/mol.